The molecule has 132 valence electrons. The summed E-state index contributed by atoms with van der Waals surface area (Å²) in [7, 11) is 2.76. The molecule has 1 atom stereocenters. The van der Waals surface area contributed by atoms with E-state index in [1.54, 1.807) is 31.2 Å². The van der Waals surface area contributed by atoms with Crippen LogP contribution in [-0.2, 0) is 9.53 Å². The highest BCUT2D eigenvalue weighted by molar-refractivity contribution is 9.10. The van der Waals surface area contributed by atoms with Gasteiger partial charge in [-0.2, -0.15) is 0 Å². The zero-order valence-corrected chi connectivity index (χ0v) is 15.6. The van der Waals surface area contributed by atoms with E-state index in [0.717, 1.165) is 4.47 Å². The summed E-state index contributed by atoms with van der Waals surface area (Å²) in [6, 6.07) is 11.9. The number of ether oxygens (including phenoxy) is 3. The molecule has 6 nitrogen and oxygen atoms in total. The van der Waals surface area contributed by atoms with Gasteiger partial charge in [-0.1, -0.05) is 15.9 Å². The van der Waals surface area contributed by atoms with E-state index in [1.807, 2.05) is 12.1 Å². The maximum Gasteiger partial charge on any atom is 0.340 e. The molecule has 2 aromatic carbocycles. The zero-order valence-electron chi connectivity index (χ0n) is 14.0. The molecule has 0 spiro atoms. The van der Waals surface area contributed by atoms with Crippen molar-refractivity contribution in [1.29, 1.82) is 0 Å². The van der Waals surface area contributed by atoms with Crippen LogP contribution in [0, 0.1) is 0 Å². The normalized spacial score (nSPS) is 11.4. The summed E-state index contributed by atoms with van der Waals surface area (Å²) in [5.41, 5.74) is 0.523. The third kappa shape index (κ3) is 4.96. The smallest absolute Gasteiger partial charge is 0.340 e. The van der Waals surface area contributed by atoms with Crippen LogP contribution in [0.5, 0.6) is 11.5 Å². The van der Waals surface area contributed by atoms with E-state index in [0.29, 0.717) is 17.2 Å². The molecule has 0 radical (unpaired) electrons. The van der Waals surface area contributed by atoms with Crippen LogP contribution in [0.15, 0.2) is 46.9 Å². The van der Waals surface area contributed by atoms with E-state index in [-0.39, 0.29) is 5.56 Å². The highest BCUT2D eigenvalue weighted by atomic mass is 79.9. The van der Waals surface area contributed by atoms with Crippen LogP contribution < -0.4 is 14.8 Å². The number of hydrogen-bond donors (Lipinski definition) is 1. The highest BCUT2D eigenvalue weighted by Gasteiger charge is 2.19. The Balaban J connectivity index is 2.13. The van der Waals surface area contributed by atoms with Gasteiger partial charge < -0.3 is 19.5 Å². The first-order valence-corrected chi connectivity index (χ1v) is 8.23. The van der Waals surface area contributed by atoms with Crippen molar-refractivity contribution in [2.75, 3.05) is 19.5 Å². The number of anilines is 1. The number of halogens is 1. The Morgan fingerprint density at radius 3 is 2.28 bits per heavy atom. The summed E-state index contributed by atoms with van der Waals surface area (Å²) in [4.78, 5) is 24.3. The molecule has 0 aliphatic rings. The molecular formula is C18H18BrNO5. The largest absolute Gasteiger partial charge is 0.497 e. The van der Waals surface area contributed by atoms with Gasteiger partial charge in [-0.3, -0.25) is 4.79 Å². The molecule has 0 saturated carbocycles. The van der Waals surface area contributed by atoms with Gasteiger partial charge in [0.25, 0.3) is 5.91 Å². The summed E-state index contributed by atoms with van der Waals surface area (Å²) in [5.74, 6) is 0.0836. The van der Waals surface area contributed by atoms with Gasteiger partial charge in [0, 0.05) is 4.47 Å². The van der Waals surface area contributed by atoms with Crippen LogP contribution in [-0.4, -0.2) is 32.2 Å². The van der Waals surface area contributed by atoms with E-state index in [4.69, 9.17) is 14.2 Å². The number of methoxy groups -OCH3 is 2. The number of carbonyl (C=O) groups is 2. The van der Waals surface area contributed by atoms with Crippen molar-refractivity contribution in [1.82, 2.24) is 0 Å². The van der Waals surface area contributed by atoms with Crippen molar-refractivity contribution >= 4 is 33.5 Å². The van der Waals surface area contributed by atoms with Gasteiger partial charge in [0.05, 0.1) is 25.5 Å². The number of nitrogens with one attached hydrogen (secondary N) is 1. The van der Waals surface area contributed by atoms with Gasteiger partial charge in [-0.15, -0.1) is 0 Å². The molecule has 0 heterocycles. The first-order chi connectivity index (χ1) is 11.9. The number of hydrogen-bond acceptors (Lipinski definition) is 5. The monoisotopic (exact) mass is 407 g/mol. The predicted octanol–water partition coefficient (Wildman–Crippen LogP) is 3.65. The Bertz CT molecular complexity index is 761. The van der Waals surface area contributed by atoms with E-state index in [9.17, 15) is 9.59 Å². The summed E-state index contributed by atoms with van der Waals surface area (Å²) in [6.07, 6.45) is -0.756. The SMILES string of the molecule is COC(=O)c1cc(OC)ccc1NC(=O)C(C)Oc1ccc(Br)cc1. The molecule has 1 N–H and O–H groups in total. The van der Waals surface area contributed by atoms with E-state index in [2.05, 4.69) is 21.2 Å². The van der Waals surface area contributed by atoms with Crippen LogP contribution in [0.25, 0.3) is 0 Å². The fraction of sp³-hybridized carbons (Fsp3) is 0.222. The lowest BCUT2D eigenvalue weighted by atomic mass is 10.1. The second-order valence-corrected chi connectivity index (χ2v) is 6.02. The van der Waals surface area contributed by atoms with Crippen molar-refractivity contribution in [3.05, 3.63) is 52.5 Å². The standard InChI is InChI=1S/C18H18BrNO5/c1-11(25-13-6-4-12(19)5-7-13)17(21)20-16-9-8-14(23-2)10-15(16)18(22)24-3/h4-11H,1-3H3,(H,20,21). The third-order valence-electron chi connectivity index (χ3n) is 3.39. The van der Waals surface area contributed by atoms with E-state index < -0.39 is 18.0 Å². The second kappa shape index (κ2) is 8.53. The number of rotatable bonds is 6. The Kier molecular flexibility index (Phi) is 6.41. The fourth-order valence-corrected chi connectivity index (χ4v) is 2.31. The molecule has 25 heavy (non-hydrogen) atoms. The maximum absolute atomic E-state index is 12.4. The number of esters is 1. The Morgan fingerprint density at radius 1 is 1.04 bits per heavy atom. The van der Waals surface area contributed by atoms with Crippen LogP contribution in [0.1, 0.15) is 17.3 Å². The Hall–Kier alpha value is -2.54. The van der Waals surface area contributed by atoms with Crippen LogP contribution >= 0.6 is 15.9 Å². The molecule has 7 heteroatoms. The molecule has 0 aliphatic carbocycles. The quantitative estimate of drug-likeness (QED) is 0.739. The minimum Gasteiger partial charge on any atom is -0.497 e. The number of benzene rings is 2. The van der Waals surface area contributed by atoms with Crippen molar-refractivity contribution in [3.63, 3.8) is 0 Å². The van der Waals surface area contributed by atoms with Crippen molar-refractivity contribution < 1.29 is 23.8 Å². The lowest BCUT2D eigenvalue weighted by molar-refractivity contribution is -0.122. The van der Waals surface area contributed by atoms with Gasteiger partial charge >= 0.3 is 5.97 Å². The number of amides is 1. The highest BCUT2D eigenvalue weighted by Crippen LogP contribution is 2.24. The van der Waals surface area contributed by atoms with E-state index in [1.165, 1.54) is 20.3 Å². The van der Waals surface area contributed by atoms with Crippen LogP contribution in [0.4, 0.5) is 5.69 Å². The molecule has 0 aromatic heterocycles. The Morgan fingerprint density at radius 2 is 1.68 bits per heavy atom. The van der Waals surface area contributed by atoms with E-state index >= 15 is 0 Å². The van der Waals surface area contributed by atoms with Crippen molar-refractivity contribution in [3.8, 4) is 11.5 Å². The van der Waals surface area contributed by atoms with Gasteiger partial charge in [-0.25, -0.2) is 4.79 Å². The predicted molar refractivity (Wildman–Crippen MR) is 97.2 cm³/mol. The van der Waals surface area contributed by atoms with Gasteiger partial charge in [0.15, 0.2) is 6.10 Å². The lowest BCUT2D eigenvalue weighted by Gasteiger charge is -2.16. The summed E-state index contributed by atoms with van der Waals surface area (Å²) < 4.78 is 16.4. The van der Waals surface area contributed by atoms with Crippen molar-refractivity contribution in [2.24, 2.45) is 0 Å². The van der Waals surface area contributed by atoms with Crippen molar-refractivity contribution in [2.45, 2.75) is 13.0 Å². The Labute approximate surface area is 154 Å². The molecule has 0 saturated heterocycles. The van der Waals surface area contributed by atoms with Gasteiger partial charge in [-0.05, 0) is 49.4 Å². The second-order valence-electron chi connectivity index (χ2n) is 5.11. The lowest BCUT2D eigenvalue weighted by Crippen LogP contribution is -2.30. The fourth-order valence-electron chi connectivity index (χ4n) is 2.04. The number of carbonyl (C=O) groups excluding carboxylic acids is 2. The minimum absolute atomic E-state index is 0.200. The third-order valence-corrected chi connectivity index (χ3v) is 3.91. The van der Waals surface area contributed by atoms with Crippen LogP contribution in [0.3, 0.4) is 0 Å². The topological polar surface area (TPSA) is 73.9 Å². The van der Waals surface area contributed by atoms with Crippen LogP contribution in [0.2, 0.25) is 0 Å². The van der Waals surface area contributed by atoms with Gasteiger partial charge in [0.1, 0.15) is 11.5 Å². The van der Waals surface area contributed by atoms with Gasteiger partial charge in [0.2, 0.25) is 0 Å². The maximum atomic E-state index is 12.4. The molecular weight excluding hydrogens is 390 g/mol. The first-order valence-electron chi connectivity index (χ1n) is 7.44. The minimum atomic E-state index is -0.756. The molecule has 1 amide bonds. The molecule has 0 bridgehead atoms. The summed E-state index contributed by atoms with van der Waals surface area (Å²) in [6.45, 7) is 1.62. The molecule has 0 aliphatic heterocycles. The summed E-state index contributed by atoms with van der Waals surface area (Å²) >= 11 is 3.34. The molecule has 0 fully saturated rings. The first kappa shape index (κ1) is 18.8. The molecule has 2 rings (SSSR count). The average Bonchev–Trinajstić information content (AvgIpc) is 2.63. The molecule has 1 unspecified atom stereocenters. The molecule has 2 aromatic rings. The summed E-state index contributed by atoms with van der Waals surface area (Å²) in [5, 5.41) is 2.68. The average molecular weight is 408 g/mol. The zero-order chi connectivity index (χ0) is 18.4.